The number of nitrogens with zero attached hydrogens (tertiary/aromatic N) is 2. The van der Waals surface area contributed by atoms with Gasteiger partial charge in [0.15, 0.2) is 0 Å². The summed E-state index contributed by atoms with van der Waals surface area (Å²) in [5.41, 5.74) is 2.90. The molecule has 1 heterocycles. The predicted molar refractivity (Wildman–Crippen MR) is 112 cm³/mol. The third-order valence-electron chi connectivity index (χ3n) is 4.40. The Morgan fingerprint density at radius 3 is 2.61 bits per heavy atom. The smallest absolute Gasteiger partial charge is 0.277 e. The van der Waals surface area contributed by atoms with E-state index in [1.165, 1.54) is 17.3 Å². The molecule has 0 saturated heterocycles. The van der Waals surface area contributed by atoms with E-state index in [9.17, 15) is 4.79 Å². The maximum absolute atomic E-state index is 12.2. The number of anilines is 1. The lowest BCUT2D eigenvalue weighted by Gasteiger charge is -2.05. The Hall–Kier alpha value is -3.12. The largest absolute Gasteiger partial charge is 0.411 e. The van der Waals surface area contributed by atoms with Gasteiger partial charge in [0.05, 0.1) is 5.75 Å². The minimum Gasteiger partial charge on any atom is -0.411 e. The molecule has 5 nitrogen and oxygen atoms in total. The number of amides is 1. The quantitative estimate of drug-likeness (QED) is 0.460. The van der Waals surface area contributed by atoms with Crippen LogP contribution in [-0.2, 0) is 11.2 Å². The van der Waals surface area contributed by atoms with Crippen molar-refractivity contribution in [2.45, 2.75) is 18.6 Å². The Balaban J connectivity index is 1.41. The van der Waals surface area contributed by atoms with Crippen LogP contribution in [0.1, 0.15) is 12.5 Å². The van der Waals surface area contributed by atoms with Gasteiger partial charge in [0.2, 0.25) is 11.8 Å². The van der Waals surface area contributed by atoms with Crippen LogP contribution in [0.25, 0.3) is 22.2 Å². The molecule has 0 aliphatic heterocycles. The summed E-state index contributed by atoms with van der Waals surface area (Å²) in [6.07, 6.45) is 0.972. The Kier molecular flexibility index (Phi) is 5.39. The van der Waals surface area contributed by atoms with Crippen molar-refractivity contribution in [3.05, 3.63) is 72.3 Å². The monoisotopic (exact) mass is 389 g/mol. The lowest BCUT2D eigenvalue weighted by Crippen LogP contribution is -2.13. The number of hydrogen-bond donors (Lipinski definition) is 1. The third kappa shape index (κ3) is 4.07. The second-order valence-electron chi connectivity index (χ2n) is 6.29. The van der Waals surface area contributed by atoms with Crippen molar-refractivity contribution < 1.29 is 9.21 Å². The molecule has 4 aromatic rings. The van der Waals surface area contributed by atoms with Gasteiger partial charge in [0.25, 0.3) is 5.22 Å². The highest BCUT2D eigenvalue weighted by Crippen LogP contribution is 2.29. The Morgan fingerprint density at radius 2 is 1.79 bits per heavy atom. The second-order valence-corrected chi connectivity index (χ2v) is 7.21. The molecule has 0 aliphatic rings. The van der Waals surface area contributed by atoms with Crippen LogP contribution in [0.4, 0.5) is 5.69 Å². The van der Waals surface area contributed by atoms with Crippen molar-refractivity contribution in [3.63, 3.8) is 0 Å². The van der Waals surface area contributed by atoms with E-state index in [1.54, 1.807) is 0 Å². The maximum atomic E-state index is 12.2. The van der Waals surface area contributed by atoms with E-state index in [2.05, 4.69) is 22.4 Å². The molecule has 0 unspecified atom stereocenters. The molecule has 0 radical (unpaired) electrons. The lowest BCUT2D eigenvalue weighted by molar-refractivity contribution is -0.113. The zero-order valence-corrected chi connectivity index (χ0v) is 16.2. The zero-order chi connectivity index (χ0) is 19.3. The highest BCUT2D eigenvalue weighted by Gasteiger charge is 2.13. The molecule has 1 N–H and O–H groups in total. The fourth-order valence-electron chi connectivity index (χ4n) is 2.94. The number of rotatable bonds is 6. The van der Waals surface area contributed by atoms with E-state index < -0.39 is 0 Å². The van der Waals surface area contributed by atoms with Crippen molar-refractivity contribution in [2.75, 3.05) is 11.1 Å². The minimum atomic E-state index is -0.112. The molecule has 0 fully saturated rings. The van der Waals surface area contributed by atoms with Crippen molar-refractivity contribution in [1.82, 2.24) is 10.2 Å². The summed E-state index contributed by atoms with van der Waals surface area (Å²) < 4.78 is 5.77. The van der Waals surface area contributed by atoms with Crippen LogP contribution in [0.15, 0.2) is 76.4 Å². The van der Waals surface area contributed by atoms with Crippen LogP contribution in [0.3, 0.4) is 0 Å². The maximum Gasteiger partial charge on any atom is 0.277 e. The average molecular weight is 389 g/mol. The Morgan fingerprint density at radius 1 is 1.00 bits per heavy atom. The summed E-state index contributed by atoms with van der Waals surface area (Å²) in [4.78, 5) is 12.2. The second kappa shape index (κ2) is 8.27. The lowest BCUT2D eigenvalue weighted by atomic mass is 10.0. The molecule has 1 aromatic heterocycles. The predicted octanol–water partition coefficient (Wildman–Crippen LogP) is 5.18. The van der Waals surface area contributed by atoms with Crippen LogP contribution < -0.4 is 5.32 Å². The van der Waals surface area contributed by atoms with Gasteiger partial charge in [-0.3, -0.25) is 4.79 Å². The number of thioether (sulfide) groups is 1. The van der Waals surface area contributed by atoms with E-state index in [1.807, 2.05) is 66.7 Å². The van der Waals surface area contributed by atoms with Gasteiger partial charge < -0.3 is 9.73 Å². The van der Waals surface area contributed by atoms with Crippen LogP contribution in [0.2, 0.25) is 0 Å². The van der Waals surface area contributed by atoms with Gasteiger partial charge in [-0.25, -0.2) is 0 Å². The van der Waals surface area contributed by atoms with Crippen LogP contribution in [-0.4, -0.2) is 21.9 Å². The van der Waals surface area contributed by atoms with E-state index in [0.717, 1.165) is 28.4 Å². The minimum absolute atomic E-state index is 0.112. The normalized spacial score (nSPS) is 10.9. The van der Waals surface area contributed by atoms with Gasteiger partial charge >= 0.3 is 0 Å². The third-order valence-corrected chi connectivity index (χ3v) is 5.22. The summed E-state index contributed by atoms with van der Waals surface area (Å²) >= 11 is 1.22. The standard InChI is InChI=1S/C22H19N3O2S/c1-2-15-10-12-17(13-11-15)23-20(26)14-28-22-25-24-21(27-22)19-9-5-7-16-6-3-4-8-18(16)19/h3-13H,2,14H2,1H3,(H,23,26). The van der Waals surface area contributed by atoms with E-state index >= 15 is 0 Å². The first-order chi connectivity index (χ1) is 13.7. The van der Waals surface area contributed by atoms with Crippen LogP contribution >= 0.6 is 11.8 Å². The molecule has 0 aliphatic carbocycles. The molecule has 0 spiro atoms. The molecular formula is C22H19N3O2S. The fourth-order valence-corrected chi connectivity index (χ4v) is 3.50. The zero-order valence-electron chi connectivity index (χ0n) is 15.4. The van der Waals surface area contributed by atoms with Crippen molar-refractivity contribution >= 4 is 34.1 Å². The fraction of sp³-hybridized carbons (Fsp3) is 0.136. The number of benzene rings is 3. The molecule has 6 heteroatoms. The van der Waals surface area contributed by atoms with Gasteiger partial charge in [0.1, 0.15) is 0 Å². The molecule has 3 aromatic carbocycles. The van der Waals surface area contributed by atoms with Gasteiger partial charge in [-0.1, -0.05) is 67.2 Å². The number of carbonyl (C=O) groups is 1. The molecule has 1 amide bonds. The summed E-state index contributed by atoms with van der Waals surface area (Å²) in [6, 6.07) is 21.9. The van der Waals surface area contributed by atoms with Crippen molar-refractivity contribution in [2.24, 2.45) is 0 Å². The highest BCUT2D eigenvalue weighted by atomic mass is 32.2. The van der Waals surface area contributed by atoms with Gasteiger partial charge in [-0.2, -0.15) is 0 Å². The van der Waals surface area contributed by atoms with E-state index in [0.29, 0.717) is 11.1 Å². The molecule has 140 valence electrons. The first-order valence-electron chi connectivity index (χ1n) is 9.06. The Bertz CT molecular complexity index is 1100. The molecule has 0 atom stereocenters. The van der Waals surface area contributed by atoms with Crippen molar-refractivity contribution in [3.8, 4) is 11.5 Å². The number of hydrogen-bond acceptors (Lipinski definition) is 5. The molecule has 0 saturated carbocycles. The first-order valence-corrected chi connectivity index (χ1v) is 10.0. The number of fused-ring (bicyclic) bond motifs is 1. The summed E-state index contributed by atoms with van der Waals surface area (Å²) in [5, 5.41) is 13.6. The van der Waals surface area contributed by atoms with Crippen LogP contribution in [0, 0.1) is 0 Å². The molecule has 0 bridgehead atoms. The topological polar surface area (TPSA) is 68.0 Å². The summed E-state index contributed by atoms with van der Waals surface area (Å²) in [5.74, 6) is 0.543. The Labute approximate surface area is 167 Å². The molecular weight excluding hydrogens is 370 g/mol. The molecule has 4 rings (SSSR count). The van der Waals surface area contributed by atoms with E-state index in [-0.39, 0.29) is 11.7 Å². The number of nitrogens with one attached hydrogen (secondary N) is 1. The summed E-state index contributed by atoms with van der Waals surface area (Å²) in [7, 11) is 0. The highest BCUT2D eigenvalue weighted by molar-refractivity contribution is 7.99. The first kappa shape index (κ1) is 18.3. The molecule has 28 heavy (non-hydrogen) atoms. The summed E-state index contributed by atoms with van der Waals surface area (Å²) in [6.45, 7) is 2.10. The van der Waals surface area contributed by atoms with Crippen molar-refractivity contribution in [1.29, 1.82) is 0 Å². The van der Waals surface area contributed by atoms with E-state index in [4.69, 9.17) is 4.42 Å². The number of aromatic nitrogens is 2. The van der Waals surface area contributed by atoms with Crippen LogP contribution in [0.5, 0.6) is 0 Å². The number of carbonyl (C=O) groups excluding carboxylic acids is 1. The SMILES string of the molecule is CCc1ccc(NC(=O)CSc2nnc(-c3cccc4ccccc34)o2)cc1. The van der Waals surface area contributed by atoms with Gasteiger partial charge in [0, 0.05) is 11.3 Å². The average Bonchev–Trinajstić information content (AvgIpc) is 3.21. The van der Waals surface area contributed by atoms with Gasteiger partial charge in [-0.15, -0.1) is 10.2 Å². The number of aryl methyl sites for hydroxylation is 1. The van der Waals surface area contributed by atoms with Gasteiger partial charge in [-0.05, 0) is 41.0 Å².